The van der Waals surface area contributed by atoms with Gasteiger partial charge in [0.25, 0.3) is 0 Å². The summed E-state index contributed by atoms with van der Waals surface area (Å²) in [6.07, 6.45) is 0. The van der Waals surface area contributed by atoms with Gasteiger partial charge in [0.2, 0.25) is 5.84 Å². The Morgan fingerprint density at radius 3 is 2.64 bits per heavy atom. The number of nitrogens with two attached hydrogens (primary N) is 1. The molecule has 0 aliphatic heterocycles. The van der Waals surface area contributed by atoms with Crippen molar-refractivity contribution in [2.24, 2.45) is 10.7 Å². The molecule has 3 N–H and O–H groups in total. The molecule has 0 atom stereocenters. The van der Waals surface area contributed by atoms with Gasteiger partial charge >= 0.3 is 5.97 Å². The number of nitrogens with zero attached hydrogens (tertiary/aromatic N) is 1. The van der Waals surface area contributed by atoms with E-state index in [2.05, 4.69) is 4.99 Å². The second kappa shape index (κ2) is 3.91. The molecular weight excluding hydrogens is 180 g/mol. The van der Waals surface area contributed by atoms with Crippen molar-refractivity contribution in [3.63, 3.8) is 0 Å². The third-order valence-corrected chi connectivity index (χ3v) is 1.82. The van der Waals surface area contributed by atoms with Crippen LogP contribution in [-0.2, 0) is 4.79 Å². The Bertz CT molecular complexity index is 397. The highest BCUT2D eigenvalue weighted by molar-refractivity contribution is 6.34. The fourth-order valence-electron chi connectivity index (χ4n) is 1.02. The van der Waals surface area contributed by atoms with E-state index in [1.807, 2.05) is 26.0 Å². The lowest BCUT2D eigenvalue weighted by Crippen LogP contribution is -2.22. The SMILES string of the molecule is Cc1ccc(C)c(N=C(N)C(=O)O)c1. The third-order valence-electron chi connectivity index (χ3n) is 1.82. The van der Waals surface area contributed by atoms with Crippen molar-refractivity contribution < 1.29 is 9.90 Å². The summed E-state index contributed by atoms with van der Waals surface area (Å²) in [7, 11) is 0. The highest BCUT2D eigenvalue weighted by Gasteiger charge is 2.04. The van der Waals surface area contributed by atoms with Gasteiger partial charge in [0.1, 0.15) is 0 Å². The molecule has 1 aromatic carbocycles. The first-order chi connectivity index (χ1) is 6.50. The van der Waals surface area contributed by atoms with Crippen LogP contribution < -0.4 is 5.73 Å². The normalized spacial score (nSPS) is 11.4. The predicted molar refractivity (Wildman–Crippen MR) is 54.8 cm³/mol. The van der Waals surface area contributed by atoms with E-state index in [4.69, 9.17) is 10.8 Å². The number of carboxylic acids is 1. The minimum Gasteiger partial charge on any atom is -0.475 e. The average Bonchev–Trinajstić information content (AvgIpc) is 2.11. The summed E-state index contributed by atoms with van der Waals surface area (Å²) in [5.41, 5.74) is 7.74. The predicted octanol–water partition coefficient (Wildman–Crippen LogP) is 1.38. The van der Waals surface area contributed by atoms with Crippen LogP contribution in [0.2, 0.25) is 0 Å². The number of hydrogen-bond donors (Lipinski definition) is 2. The number of aliphatic carboxylic acids is 1. The maximum atomic E-state index is 10.4. The molecule has 14 heavy (non-hydrogen) atoms. The molecule has 0 aromatic heterocycles. The molecule has 0 unspecified atom stereocenters. The molecule has 0 bridgehead atoms. The summed E-state index contributed by atoms with van der Waals surface area (Å²) in [5, 5.41) is 8.55. The lowest BCUT2D eigenvalue weighted by Gasteiger charge is -2.01. The van der Waals surface area contributed by atoms with Crippen LogP contribution in [0.25, 0.3) is 0 Å². The van der Waals surface area contributed by atoms with Gasteiger partial charge in [-0.3, -0.25) is 0 Å². The van der Waals surface area contributed by atoms with Crippen LogP contribution >= 0.6 is 0 Å². The monoisotopic (exact) mass is 192 g/mol. The summed E-state index contributed by atoms with van der Waals surface area (Å²) < 4.78 is 0. The Hall–Kier alpha value is -1.84. The van der Waals surface area contributed by atoms with E-state index >= 15 is 0 Å². The average molecular weight is 192 g/mol. The molecule has 1 rings (SSSR count). The summed E-state index contributed by atoms with van der Waals surface area (Å²) in [6.45, 7) is 3.77. The molecule has 0 saturated carbocycles. The molecule has 0 saturated heterocycles. The number of aryl methyl sites for hydroxylation is 2. The zero-order valence-corrected chi connectivity index (χ0v) is 8.11. The minimum atomic E-state index is -1.20. The van der Waals surface area contributed by atoms with Crippen molar-refractivity contribution in [1.29, 1.82) is 0 Å². The van der Waals surface area contributed by atoms with E-state index in [1.54, 1.807) is 6.07 Å². The second-order valence-electron chi connectivity index (χ2n) is 3.09. The first kappa shape index (κ1) is 10.2. The van der Waals surface area contributed by atoms with E-state index in [-0.39, 0.29) is 0 Å². The van der Waals surface area contributed by atoms with Gasteiger partial charge in [-0.05, 0) is 31.0 Å². The number of benzene rings is 1. The second-order valence-corrected chi connectivity index (χ2v) is 3.09. The highest BCUT2D eigenvalue weighted by atomic mass is 16.4. The zero-order valence-electron chi connectivity index (χ0n) is 8.11. The van der Waals surface area contributed by atoms with E-state index in [0.29, 0.717) is 5.69 Å². The molecule has 4 nitrogen and oxygen atoms in total. The molecular formula is C10H12N2O2. The number of hydrogen-bond acceptors (Lipinski definition) is 2. The summed E-state index contributed by atoms with van der Waals surface area (Å²) in [5.74, 6) is -1.59. The molecule has 74 valence electrons. The van der Waals surface area contributed by atoms with E-state index in [9.17, 15) is 4.79 Å². The van der Waals surface area contributed by atoms with Crippen molar-refractivity contribution in [2.75, 3.05) is 0 Å². The van der Waals surface area contributed by atoms with Crippen molar-refractivity contribution in [2.45, 2.75) is 13.8 Å². The molecule has 0 fully saturated rings. The van der Waals surface area contributed by atoms with Crippen LogP contribution in [0.4, 0.5) is 5.69 Å². The lowest BCUT2D eigenvalue weighted by atomic mass is 10.1. The molecule has 0 radical (unpaired) electrons. The Balaban J connectivity index is 3.13. The van der Waals surface area contributed by atoms with Crippen molar-refractivity contribution in [3.05, 3.63) is 29.3 Å². The number of amidine groups is 1. The Labute approximate surface area is 82.1 Å². The van der Waals surface area contributed by atoms with Crippen molar-refractivity contribution in [3.8, 4) is 0 Å². The summed E-state index contributed by atoms with van der Waals surface area (Å²) in [6, 6.07) is 5.61. The number of rotatable bonds is 1. The van der Waals surface area contributed by atoms with Crippen LogP contribution in [0.1, 0.15) is 11.1 Å². The van der Waals surface area contributed by atoms with Gasteiger partial charge in [-0.25, -0.2) is 9.79 Å². The molecule has 0 aliphatic carbocycles. The summed E-state index contributed by atoms with van der Waals surface area (Å²) >= 11 is 0. The van der Waals surface area contributed by atoms with E-state index < -0.39 is 11.8 Å². The maximum absolute atomic E-state index is 10.4. The first-order valence-corrected chi connectivity index (χ1v) is 4.15. The topological polar surface area (TPSA) is 75.7 Å². The summed E-state index contributed by atoms with van der Waals surface area (Å²) in [4.78, 5) is 14.3. The fraction of sp³-hybridized carbons (Fsp3) is 0.200. The van der Waals surface area contributed by atoms with Gasteiger partial charge < -0.3 is 10.8 Å². The van der Waals surface area contributed by atoms with Crippen LogP contribution in [-0.4, -0.2) is 16.9 Å². The maximum Gasteiger partial charge on any atom is 0.371 e. The largest absolute Gasteiger partial charge is 0.475 e. The van der Waals surface area contributed by atoms with Crippen molar-refractivity contribution >= 4 is 17.5 Å². The van der Waals surface area contributed by atoms with Crippen molar-refractivity contribution in [1.82, 2.24) is 0 Å². The van der Waals surface area contributed by atoms with Gasteiger partial charge in [-0.2, -0.15) is 0 Å². The van der Waals surface area contributed by atoms with Gasteiger partial charge in [0, 0.05) is 0 Å². The highest BCUT2D eigenvalue weighted by Crippen LogP contribution is 2.19. The quantitative estimate of drug-likeness (QED) is 0.521. The number of carbonyl (C=O) groups is 1. The van der Waals surface area contributed by atoms with E-state index in [1.165, 1.54) is 0 Å². The fourth-order valence-corrected chi connectivity index (χ4v) is 1.02. The molecule has 0 heterocycles. The van der Waals surface area contributed by atoms with Gasteiger partial charge in [-0.15, -0.1) is 0 Å². The molecule has 0 amide bonds. The Morgan fingerprint density at radius 2 is 2.07 bits per heavy atom. The van der Waals surface area contributed by atoms with Crippen LogP contribution in [0, 0.1) is 13.8 Å². The zero-order chi connectivity index (χ0) is 10.7. The van der Waals surface area contributed by atoms with Gasteiger partial charge in [0.05, 0.1) is 5.69 Å². The van der Waals surface area contributed by atoms with Crippen LogP contribution in [0.15, 0.2) is 23.2 Å². The standard InChI is InChI=1S/C10H12N2O2/c1-6-3-4-7(2)8(5-6)12-9(11)10(13)14/h3-5H,1-2H3,(H2,11,12)(H,13,14). The Morgan fingerprint density at radius 1 is 1.43 bits per heavy atom. The van der Waals surface area contributed by atoms with Crippen LogP contribution in [0.3, 0.4) is 0 Å². The Kier molecular flexibility index (Phi) is 2.86. The molecule has 4 heteroatoms. The molecule has 0 aliphatic rings. The first-order valence-electron chi connectivity index (χ1n) is 4.15. The minimum absolute atomic E-state index is 0.390. The van der Waals surface area contributed by atoms with Gasteiger partial charge in [-0.1, -0.05) is 12.1 Å². The lowest BCUT2D eigenvalue weighted by molar-refractivity contribution is -0.129. The third kappa shape index (κ3) is 2.32. The molecule has 1 aromatic rings. The smallest absolute Gasteiger partial charge is 0.371 e. The number of carboxylic acid groups (broad SMARTS) is 1. The van der Waals surface area contributed by atoms with E-state index in [0.717, 1.165) is 11.1 Å². The number of aliphatic imine (C=N–C) groups is 1. The van der Waals surface area contributed by atoms with Gasteiger partial charge in [0.15, 0.2) is 0 Å². The van der Waals surface area contributed by atoms with Crippen LogP contribution in [0.5, 0.6) is 0 Å². The molecule has 0 spiro atoms.